The second-order valence-corrected chi connectivity index (χ2v) is 11.5. The zero-order valence-electron chi connectivity index (χ0n) is 15.5. The third-order valence-electron chi connectivity index (χ3n) is 4.49. The molecule has 0 aliphatic carbocycles. The lowest BCUT2D eigenvalue weighted by Crippen LogP contribution is -2.66. The summed E-state index contributed by atoms with van der Waals surface area (Å²) in [6, 6.07) is 21.7. The standard InChI is InChI=1S/C22H30OSi/c1-5-6-7-14-19-23-24(22(2,3)4,20-15-10-8-11-16-20)21-17-12-9-13-18-21/h5-6,8-13,15-18H,7,14,19H2,1-4H3/b6-5+. The van der Waals surface area contributed by atoms with Crippen molar-refractivity contribution in [1.82, 2.24) is 0 Å². The van der Waals surface area contributed by atoms with Crippen molar-refractivity contribution in [2.75, 3.05) is 6.61 Å². The summed E-state index contributed by atoms with van der Waals surface area (Å²) in [5, 5.41) is 2.78. The van der Waals surface area contributed by atoms with Crippen LogP contribution >= 0.6 is 0 Å². The fourth-order valence-corrected chi connectivity index (χ4v) is 7.96. The topological polar surface area (TPSA) is 9.23 Å². The van der Waals surface area contributed by atoms with E-state index in [2.05, 4.69) is 101 Å². The molecule has 2 aromatic carbocycles. The molecule has 0 aliphatic rings. The highest BCUT2D eigenvalue weighted by Crippen LogP contribution is 2.36. The van der Waals surface area contributed by atoms with Crippen molar-refractivity contribution in [2.24, 2.45) is 0 Å². The second kappa shape index (κ2) is 8.45. The van der Waals surface area contributed by atoms with Crippen molar-refractivity contribution in [3.8, 4) is 0 Å². The van der Waals surface area contributed by atoms with Crippen LogP contribution in [0, 0.1) is 0 Å². The first-order valence-electron chi connectivity index (χ1n) is 8.88. The van der Waals surface area contributed by atoms with Gasteiger partial charge in [0.2, 0.25) is 0 Å². The lowest BCUT2D eigenvalue weighted by molar-refractivity contribution is 0.293. The highest BCUT2D eigenvalue weighted by atomic mass is 28.4. The molecule has 24 heavy (non-hydrogen) atoms. The summed E-state index contributed by atoms with van der Waals surface area (Å²) in [6.45, 7) is 9.85. The number of unbranched alkanes of at least 4 members (excludes halogenated alkanes) is 1. The van der Waals surface area contributed by atoms with E-state index in [1.54, 1.807) is 0 Å². The molecule has 2 rings (SSSR count). The van der Waals surface area contributed by atoms with Crippen molar-refractivity contribution in [1.29, 1.82) is 0 Å². The molecule has 0 heterocycles. The summed E-state index contributed by atoms with van der Waals surface area (Å²) in [4.78, 5) is 0. The molecule has 1 nitrogen and oxygen atoms in total. The molecule has 0 saturated carbocycles. The number of hydrogen-bond acceptors (Lipinski definition) is 1. The van der Waals surface area contributed by atoms with Gasteiger partial charge in [-0.15, -0.1) is 0 Å². The quantitative estimate of drug-likeness (QED) is 0.395. The van der Waals surface area contributed by atoms with Gasteiger partial charge in [-0.25, -0.2) is 0 Å². The van der Waals surface area contributed by atoms with E-state index < -0.39 is 8.32 Å². The molecule has 0 bridgehead atoms. The van der Waals surface area contributed by atoms with Gasteiger partial charge in [0.05, 0.1) is 0 Å². The Kier molecular flexibility index (Phi) is 6.58. The Morgan fingerprint density at radius 2 is 1.38 bits per heavy atom. The number of benzene rings is 2. The van der Waals surface area contributed by atoms with Gasteiger partial charge < -0.3 is 4.43 Å². The van der Waals surface area contributed by atoms with Crippen molar-refractivity contribution < 1.29 is 4.43 Å². The van der Waals surface area contributed by atoms with Gasteiger partial charge in [0.15, 0.2) is 0 Å². The summed E-state index contributed by atoms with van der Waals surface area (Å²) in [5.74, 6) is 0. The average Bonchev–Trinajstić information content (AvgIpc) is 2.59. The van der Waals surface area contributed by atoms with Crippen LogP contribution in [0.5, 0.6) is 0 Å². The fourth-order valence-electron chi connectivity index (χ4n) is 3.35. The van der Waals surface area contributed by atoms with Gasteiger partial charge in [0.1, 0.15) is 0 Å². The van der Waals surface area contributed by atoms with E-state index in [9.17, 15) is 0 Å². The van der Waals surface area contributed by atoms with Gasteiger partial charge in [-0.1, -0.05) is 93.6 Å². The number of hydrogen-bond donors (Lipinski definition) is 0. The normalized spacial score (nSPS) is 12.7. The Morgan fingerprint density at radius 1 is 0.875 bits per heavy atom. The molecule has 0 unspecified atom stereocenters. The van der Waals surface area contributed by atoms with E-state index in [0.717, 1.165) is 19.4 Å². The first-order valence-corrected chi connectivity index (χ1v) is 10.8. The highest BCUT2D eigenvalue weighted by Gasteiger charge is 2.49. The van der Waals surface area contributed by atoms with Crippen LogP contribution in [0.1, 0.15) is 40.5 Å². The summed E-state index contributed by atoms with van der Waals surface area (Å²) < 4.78 is 6.82. The van der Waals surface area contributed by atoms with Gasteiger partial charge >= 0.3 is 0 Å². The number of allylic oxidation sites excluding steroid dienone is 2. The van der Waals surface area contributed by atoms with Crippen LogP contribution in [0.15, 0.2) is 72.8 Å². The Labute approximate surface area is 148 Å². The molecule has 0 fully saturated rings. The van der Waals surface area contributed by atoms with Crippen molar-refractivity contribution in [2.45, 2.75) is 45.6 Å². The molecule has 0 radical (unpaired) electrons. The minimum absolute atomic E-state index is 0.0658. The lowest BCUT2D eigenvalue weighted by atomic mass is 10.2. The van der Waals surface area contributed by atoms with Crippen molar-refractivity contribution >= 4 is 18.7 Å². The molecular formula is C22H30OSi. The molecule has 0 atom stereocenters. The highest BCUT2D eigenvalue weighted by molar-refractivity contribution is 6.99. The van der Waals surface area contributed by atoms with Crippen LogP contribution < -0.4 is 10.4 Å². The summed E-state index contributed by atoms with van der Waals surface area (Å²) >= 11 is 0. The molecule has 0 aliphatic heterocycles. The third kappa shape index (κ3) is 4.06. The lowest BCUT2D eigenvalue weighted by Gasteiger charge is -2.43. The molecule has 2 heteroatoms. The molecule has 0 N–H and O–H groups in total. The fraction of sp³-hybridized carbons (Fsp3) is 0.364. The Hall–Kier alpha value is -1.64. The van der Waals surface area contributed by atoms with Gasteiger partial charge in [-0.2, -0.15) is 0 Å². The van der Waals surface area contributed by atoms with E-state index in [0.29, 0.717) is 0 Å². The zero-order valence-corrected chi connectivity index (χ0v) is 16.5. The van der Waals surface area contributed by atoms with Crippen molar-refractivity contribution in [3.63, 3.8) is 0 Å². The number of rotatable bonds is 7. The maximum absolute atomic E-state index is 6.82. The Bertz CT molecular complexity index is 587. The molecule has 0 aromatic heterocycles. The Morgan fingerprint density at radius 3 is 1.79 bits per heavy atom. The van der Waals surface area contributed by atoms with Gasteiger partial charge in [0.25, 0.3) is 8.32 Å². The van der Waals surface area contributed by atoms with Crippen LogP contribution in [0.3, 0.4) is 0 Å². The smallest absolute Gasteiger partial charge is 0.261 e. The largest absolute Gasteiger partial charge is 0.407 e. The SMILES string of the molecule is C/C=C/CCCO[Si](c1ccccc1)(c1ccccc1)C(C)(C)C. The predicted molar refractivity (Wildman–Crippen MR) is 108 cm³/mol. The first kappa shape index (κ1) is 18.7. The minimum atomic E-state index is -2.33. The van der Waals surface area contributed by atoms with E-state index in [1.807, 2.05) is 0 Å². The van der Waals surface area contributed by atoms with Gasteiger partial charge in [-0.05, 0) is 35.2 Å². The monoisotopic (exact) mass is 338 g/mol. The molecular weight excluding hydrogens is 308 g/mol. The van der Waals surface area contributed by atoms with E-state index in [1.165, 1.54) is 10.4 Å². The molecule has 128 valence electrons. The summed E-state index contributed by atoms with van der Waals surface area (Å²) in [7, 11) is -2.33. The molecule has 0 spiro atoms. The minimum Gasteiger partial charge on any atom is -0.407 e. The third-order valence-corrected chi connectivity index (χ3v) is 9.53. The maximum atomic E-state index is 6.82. The first-order chi connectivity index (χ1) is 11.5. The summed E-state index contributed by atoms with van der Waals surface area (Å²) in [5.41, 5.74) is 0. The van der Waals surface area contributed by atoms with Crippen LogP contribution in [0.2, 0.25) is 5.04 Å². The maximum Gasteiger partial charge on any atom is 0.261 e. The zero-order chi connectivity index (χ0) is 17.5. The summed E-state index contributed by atoms with van der Waals surface area (Å²) in [6.07, 6.45) is 6.47. The Balaban J connectivity index is 2.45. The molecule has 0 amide bonds. The predicted octanol–water partition coefficient (Wildman–Crippen LogP) is 4.92. The average molecular weight is 339 g/mol. The van der Waals surface area contributed by atoms with E-state index in [-0.39, 0.29) is 5.04 Å². The van der Waals surface area contributed by atoms with Gasteiger partial charge in [-0.3, -0.25) is 0 Å². The van der Waals surface area contributed by atoms with Crippen molar-refractivity contribution in [3.05, 3.63) is 72.8 Å². The van der Waals surface area contributed by atoms with Crippen LogP contribution in [-0.4, -0.2) is 14.9 Å². The molecule has 0 saturated heterocycles. The van der Waals surface area contributed by atoms with Crippen LogP contribution in [0.4, 0.5) is 0 Å². The van der Waals surface area contributed by atoms with E-state index in [4.69, 9.17) is 4.43 Å². The molecule has 2 aromatic rings. The second-order valence-electron chi connectivity index (χ2n) is 7.22. The van der Waals surface area contributed by atoms with Crippen LogP contribution in [0.25, 0.3) is 0 Å². The van der Waals surface area contributed by atoms with Gasteiger partial charge in [0, 0.05) is 6.61 Å². The van der Waals surface area contributed by atoms with Crippen LogP contribution in [-0.2, 0) is 4.43 Å². The van der Waals surface area contributed by atoms with E-state index >= 15 is 0 Å².